The van der Waals surface area contributed by atoms with Gasteiger partial charge in [-0.15, -0.1) is 11.3 Å². The molecular formula is C10H13N3O2S. The summed E-state index contributed by atoms with van der Waals surface area (Å²) in [6.45, 7) is 3.88. The van der Waals surface area contributed by atoms with E-state index in [1.54, 1.807) is 11.3 Å². The van der Waals surface area contributed by atoms with E-state index in [0.717, 1.165) is 4.88 Å². The highest BCUT2D eigenvalue weighted by Crippen LogP contribution is 2.29. The Kier molecular flexibility index (Phi) is 3.04. The summed E-state index contributed by atoms with van der Waals surface area (Å²) >= 11 is 1.60. The molecule has 2 aromatic heterocycles. The smallest absolute Gasteiger partial charge is 0.268 e. The molecule has 0 bridgehead atoms. The first-order valence-corrected chi connectivity index (χ1v) is 5.71. The number of nitrogens with two attached hydrogens (primary N) is 1. The topological polar surface area (TPSA) is 85.2 Å². The van der Waals surface area contributed by atoms with Crippen LogP contribution in [0.5, 0.6) is 0 Å². The van der Waals surface area contributed by atoms with Crippen LogP contribution in [0.3, 0.4) is 0 Å². The molecule has 1 atom stereocenters. The number of thiophene rings is 1. The van der Waals surface area contributed by atoms with Crippen LogP contribution in [0.1, 0.15) is 22.3 Å². The van der Waals surface area contributed by atoms with Crippen molar-refractivity contribution < 1.29 is 9.63 Å². The van der Waals surface area contributed by atoms with Crippen LogP contribution < -0.4 is 5.73 Å². The summed E-state index contributed by atoms with van der Waals surface area (Å²) in [6, 6.07) is 1.42. The van der Waals surface area contributed by atoms with Crippen molar-refractivity contribution in [2.24, 2.45) is 5.73 Å². The first-order chi connectivity index (χ1) is 7.61. The maximum absolute atomic E-state index is 8.87. The van der Waals surface area contributed by atoms with Gasteiger partial charge in [-0.25, -0.2) is 0 Å². The van der Waals surface area contributed by atoms with Crippen LogP contribution in [0.15, 0.2) is 10.6 Å². The van der Waals surface area contributed by atoms with Crippen molar-refractivity contribution in [2.45, 2.75) is 19.9 Å². The molecule has 0 amide bonds. The molecule has 0 saturated heterocycles. The molecule has 3 N–H and O–H groups in total. The molecule has 16 heavy (non-hydrogen) atoms. The number of nitrogens with zero attached hydrogens (tertiary/aromatic N) is 2. The van der Waals surface area contributed by atoms with Crippen molar-refractivity contribution in [2.75, 3.05) is 6.61 Å². The van der Waals surface area contributed by atoms with Crippen molar-refractivity contribution in [1.29, 1.82) is 0 Å². The Morgan fingerprint density at radius 3 is 2.88 bits per heavy atom. The van der Waals surface area contributed by atoms with Crippen molar-refractivity contribution >= 4 is 11.3 Å². The van der Waals surface area contributed by atoms with E-state index in [9.17, 15) is 0 Å². The van der Waals surface area contributed by atoms with Gasteiger partial charge in [0.1, 0.15) is 0 Å². The van der Waals surface area contributed by atoms with E-state index in [1.165, 1.54) is 10.4 Å². The van der Waals surface area contributed by atoms with Gasteiger partial charge in [0.05, 0.1) is 17.5 Å². The molecule has 0 saturated carbocycles. The fourth-order valence-corrected chi connectivity index (χ4v) is 2.20. The molecule has 1 unspecified atom stereocenters. The lowest BCUT2D eigenvalue weighted by molar-refractivity contribution is 0.260. The Hall–Kier alpha value is -1.24. The molecule has 6 heteroatoms. The zero-order valence-corrected chi connectivity index (χ0v) is 9.91. The van der Waals surface area contributed by atoms with E-state index in [1.807, 2.05) is 19.9 Å². The molecular weight excluding hydrogens is 226 g/mol. The van der Waals surface area contributed by atoms with Crippen LogP contribution >= 0.6 is 11.3 Å². The number of aryl methyl sites for hydroxylation is 2. The number of hydrogen-bond donors (Lipinski definition) is 2. The zero-order valence-electron chi connectivity index (χ0n) is 9.10. The largest absolute Gasteiger partial charge is 0.394 e. The molecule has 0 fully saturated rings. The van der Waals surface area contributed by atoms with E-state index < -0.39 is 6.04 Å². The lowest BCUT2D eigenvalue weighted by Crippen LogP contribution is -2.15. The lowest BCUT2D eigenvalue weighted by Gasteiger charge is -1.98. The maximum Gasteiger partial charge on any atom is 0.268 e. The molecule has 0 spiro atoms. The second-order valence-electron chi connectivity index (χ2n) is 3.60. The molecule has 0 aliphatic heterocycles. The van der Waals surface area contributed by atoms with Crippen molar-refractivity contribution in [1.82, 2.24) is 10.1 Å². The number of rotatable bonds is 3. The predicted octanol–water partition coefficient (Wildman–Crippen LogP) is 1.41. The van der Waals surface area contributed by atoms with Crippen LogP contribution in [-0.2, 0) is 0 Å². The summed E-state index contributed by atoms with van der Waals surface area (Å²) in [5, 5.41) is 12.6. The van der Waals surface area contributed by atoms with Gasteiger partial charge < -0.3 is 15.4 Å². The molecule has 2 rings (SSSR count). The van der Waals surface area contributed by atoms with Gasteiger partial charge in [0.15, 0.2) is 5.82 Å². The number of aromatic nitrogens is 2. The standard InChI is InChI=1S/C10H13N3O2S/c1-5-3-8(16-6(5)2)10-12-9(13-15-10)7(11)4-14/h3,7,14H,4,11H2,1-2H3. The Morgan fingerprint density at radius 1 is 1.56 bits per heavy atom. The third-order valence-electron chi connectivity index (χ3n) is 2.35. The van der Waals surface area contributed by atoms with Crippen molar-refractivity contribution in [3.05, 3.63) is 22.3 Å². The molecule has 0 radical (unpaired) electrons. The second kappa shape index (κ2) is 4.32. The third-order valence-corrected chi connectivity index (χ3v) is 3.49. The summed E-state index contributed by atoms with van der Waals surface area (Å²) in [5.41, 5.74) is 6.79. The fraction of sp³-hybridized carbons (Fsp3) is 0.400. The number of aliphatic hydroxyl groups excluding tert-OH is 1. The van der Waals surface area contributed by atoms with Gasteiger partial charge in [-0.1, -0.05) is 5.16 Å². The van der Waals surface area contributed by atoms with Crippen molar-refractivity contribution in [3.63, 3.8) is 0 Å². The Morgan fingerprint density at radius 2 is 2.31 bits per heavy atom. The van der Waals surface area contributed by atoms with Gasteiger partial charge in [0, 0.05) is 4.88 Å². The quantitative estimate of drug-likeness (QED) is 0.845. The summed E-state index contributed by atoms with van der Waals surface area (Å²) in [6.07, 6.45) is 0. The molecule has 86 valence electrons. The van der Waals surface area contributed by atoms with Crippen LogP contribution in [0.2, 0.25) is 0 Å². The predicted molar refractivity (Wildman–Crippen MR) is 61.1 cm³/mol. The Bertz CT molecular complexity index is 472. The van der Waals surface area contributed by atoms with Crippen LogP contribution in [0.4, 0.5) is 0 Å². The number of hydrogen-bond acceptors (Lipinski definition) is 6. The minimum Gasteiger partial charge on any atom is -0.394 e. The highest BCUT2D eigenvalue weighted by Gasteiger charge is 2.16. The van der Waals surface area contributed by atoms with Crippen molar-refractivity contribution in [3.8, 4) is 10.8 Å². The van der Waals surface area contributed by atoms with Crippen LogP contribution in [0.25, 0.3) is 10.8 Å². The zero-order chi connectivity index (χ0) is 11.7. The molecule has 2 aromatic rings. The van der Waals surface area contributed by atoms with Gasteiger partial charge in [-0.3, -0.25) is 0 Å². The van der Waals surface area contributed by atoms with Crippen LogP contribution in [-0.4, -0.2) is 21.9 Å². The normalized spacial score (nSPS) is 13.0. The minimum atomic E-state index is -0.584. The molecule has 0 aromatic carbocycles. The summed E-state index contributed by atoms with van der Waals surface area (Å²) in [4.78, 5) is 6.31. The Labute approximate surface area is 96.9 Å². The first kappa shape index (κ1) is 11.3. The summed E-state index contributed by atoms with van der Waals surface area (Å²) in [7, 11) is 0. The monoisotopic (exact) mass is 239 g/mol. The van der Waals surface area contributed by atoms with Gasteiger partial charge in [-0.05, 0) is 25.5 Å². The van der Waals surface area contributed by atoms with E-state index in [4.69, 9.17) is 15.4 Å². The van der Waals surface area contributed by atoms with E-state index in [0.29, 0.717) is 11.7 Å². The SMILES string of the molecule is Cc1cc(-c2nc(C(N)CO)no2)sc1C. The third kappa shape index (κ3) is 1.99. The highest BCUT2D eigenvalue weighted by atomic mass is 32.1. The fourth-order valence-electron chi connectivity index (χ4n) is 1.25. The minimum absolute atomic E-state index is 0.193. The average Bonchev–Trinajstić information content (AvgIpc) is 2.86. The molecule has 0 aliphatic rings. The molecule has 0 aliphatic carbocycles. The molecule has 5 nitrogen and oxygen atoms in total. The summed E-state index contributed by atoms with van der Waals surface area (Å²) < 4.78 is 5.10. The average molecular weight is 239 g/mol. The van der Waals surface area contributed by atoms with Crippen LogP contribution in [0, 0.1) is 13.8 Å². The van der Waals surface area contributed by atoms with Gasteiger partial charge in [-0.2, -0.15) is 4.98 Å². The van der Waals surface area contributed by atoms with Gasteiger partial charge in [0.2, 0.25) is 0 Å². The van der Waals surface area contributed by atoms with E-state index in [-0.39, 0.29) is 6.61 Å². The molecule has 2 heterocycles. The maximum atomic E-state index is 8.87. The lowest BCUT2D eigenvalue weighted by atomic mass is 10.3. The van der Waals surface area contributed by atoms with E-state index >= 15 is 0 Å². The first-order valence-electron chi connectivity index (χ1n) is 4.89. The second-order valence-corrected chi connectivity index (χ2v) is 4.85. The number of aliphatic hydroxyl groups is 1. The Balaban J connectivity index is 2.31. The van der Waals surface area contributed by atoms with Gasteiger partial charge >= 0.3 is 0 Å². The highest BCUT2D eigenvalue weighted by molar-refractivity contribution is 7.15. The van der Waals surface area contributed by atoms with E-state index in [2.05, 4.69) is 10.1 Å². The summed E-state index contributed by atoms with van der Waals surface area (Å²) in [5.74, 6) is 0.793. The van der Waals surface area contributed by atoms with Gasteiger partial charge in [0.25, 0.3) is 5.89 Å².